The van der Waals surface area contributed by atoms with Crippen LogP contribution in [-0.4, -0.2) is 16.0 Å². The van der Waals surface area contributed by atoms with Crippen molar-refractivity contribution < 1.29 is 14.8 Å². The molecule has 5 nitrogen and oxygen atoms in total. The highest BCUT2D eigenvalue weighted by atomic mass is 35.5. The first-order valence-electron chi connectivity index (χ1n) is 7.00. The summed E-state index contributed by atoms with van der Waals surface area (Å²) in [5.41, 5.74) is -0.212. The summed E-state index contributed by atoms with van der Waals surface area (Å²) in [5, 5.41) is 20.6. The third-order valence-electron chi connectivity index (χ3n) is 4.46. The molecule has 1 aliphatic carbocycles. The van der Waals surface area contributed by atoms with Crippen LogP contribution in [0.3, 0.4) is 0 Å². The maximum atomic E-state index is 11.7. The molecule has 1 aliphatic rings. The summed E-state index contributed by atoms with van der Waals surface area (Å²) in [6.07, 6.45) is 3.34. The van der Waals surface area contributed by atoms with Gasteiger partial charge in [0.05, 0.1) is 15.4 Å². The summed E-state index contributed by atoms with van der Waals surface area (Å²) in [6.45, 7) is 2.13. The van der Waals surface area contributed by atoms with Gasteiger partial charge in [0, 0.05) is 12.1 Å². The minimum Gasteiger partial charge on any atom is -0.481 e. The fourth-order valence-electron chi connectivity index (χ4n) is 2.94. The first-order valence-corrected chi connectivity index (χ1v) is 7.38. The second-order valence-electron chi connectivity index (χ2n) is 5.98. The molecule has 0 bridgehead atoms. The Morgan fingerprint density at radius 3 is 2.57 bits per heavy atom. The van der Waals surface area contributed by atoms with Crippen molar-refractivity contribution >= 4 is 23.3 Å². The number of carboxylic acid groups (broad SMARTS) is 1. The molecule has 1 aromatic carbocycles. The van der Waals surface area contributed by atoms with E-state index in [2.05, 4.69) is 6.92 Å². The number of carbonyl (C=O) groups is 1. The Morgan fingerprint density at radius 2 is 2.10 bits per heavy atom. The number of rotatable bonds is 4. The molecule has 114 valence electrons. The number of hydrogen-bond acceptors (Lipinski definition) is 3. The fraction of sp³-hybridized carbons (Fsp3) is 0.533. The van der Waals surface area contributed by atoms with Gasteiger partial charge in [-0.15, -0.1) is 0 Å². The molecule has 0 spiro atoms. The molecule has 2 rings (SSSR count). The lowest BCUT2D eigenvalue weighted by Crippen LogP contribution is -2.37. The van der Waals surface area contributed by atoms with Crippen LogP contribution in [0.15, 0.2) is 18.2 Å². The fourth-order valence-corrected chi connectivity index (χ4v) is 3.18. The van der Waals surface area contributed by atoms with E-state index < -0.39 is 16.3 Å². The van der Waals surface area contributed by atoms with Crippen LogP contribution in [0, 0.1) is 21.4 Å². The minimum atomic E-state index is -0.802. The standard InChI is InChI=1S/C15H18ClNO4/c1-10-4-6-15(7-5-10,14(18)19)9-11-2-3-12(17(20)21)8-13(11)16/h2-3,8,10H,4-7,9H2,1H3,(H,18,19). The lowest BCUT2D eigenvalue weighted by molar-refractivity contribution is -0.384. The first-order chi connectivity index (χ1) is 9.84. The van der Waals surface area contributed by atoms with Crippen molar-refractivity contribution in [3.63, 3.8) is 0 Å². The molecule has 0 amide bonds. The van der Waals surface area contributed by atoms with Crippen LogP contribution in [0.5, 0.6) is 0 Å². The number of nitro groups is 1. The molecule has 0 heterocycles. The molecule has 0 aliphatic heterocycles. The molecule has 0 aromatic heterocycles. The number of nitrogens with zero attached hydrogens (tertiary/aromatic N) is 1. The zero-order valence-corrected chi connectivity index (χ0v) is 12.6. The van der Waals surface area contributed by atoms with Crippen molar-refractivity contribution in [1.29, 1.82) is 0 Å². The molecule has 0 saturated heterocycles. The lowest BCUT2D eigenvalue weighted by atomic mass is 9.68. The summed E-state index contributed by atoms with van der Waals surface area (Å²) < 4.78 is 0. The van der Waals surface area contributed by atoms with Crippen molar-refractivity contribution in [2.24, 2.45) is 11.3 Å². The van der Waals surface area contributed by atoms with Gasteiger partial charge in [-0.3, -0.25) is 14.9 Å². The van der Waals surface area contributed by atoms with Crippen molar-refractivity contribution in [3.05, 3.63) is 38.9 Å². The van der Waals surface area contributed by atoms with Gasteiger partial charge in [-0.25, -0.2) is 0 Å². The molecule has 21 heavy (non-hydrogen) atoms. The van der Waals surface area contributed by atoms with E-state index in [1.165, 1.54) is 12.1 Å². The average Bonchev–Trinajstić information content (AvgIpc) is 2.43. The van der Waals surface area contributed by atoms with E-state index >= 15 is 0 Å². The third kappa shape index (κ3) is 3.35. The lowest BCUT2D eigenvalue weighted by Gasteiger charge is -2.36. The van der Waals surface area contributed by atoms with E-state index in [-0.39, 0.29) is 10.7 Å². The quantitative estimate of drug-likeness (QED) is 0.671. The van der Waals surface area contributed by atoms with Crippen LogP contribution >= 0.6 is 11.6 Å². The predicted octanol–water partition coefficient (Wildman–Crippen LogP) is 4.07. The monoisotopic (exact) mass is 311 g/mol. The molecule has 1 aromatic rings. The molecule has 6 heteroatoms. The number of benzene rings is 1. The van der Waals surface area contributed by atoms with Gasteiger partial charge in [-0.1, -0.05) is 24.6 Å². The number of nitro benzene ring substituents is 1. The highest BCUT2D eigenvalue weighted by Gasteiger charge is 2.41. The predicted molar refractivity (Wildman–Crippen MR) is 79.5 cm³/mol. The Balaban J connectivity index is 2.26. The molecular weight excluding hydrogens is 294 g/mol. The Bertz CT molecular complexity index is 565. The van der Waals surface area contributed by atoms with Gasteiger partial charge in [0.1, 0.15) is 0 Å². The summed E-state index contributed by atoms with van der Waals surface area (Å²) in [6, 6.07) is 4.24. The highest BCUT2D eigenvalue weighted by Crippen LogP contribution is 2.43. The second-order valence-corrected chi connectivity index (χ2v) is 6.38. The van der Waals surface area contributed by atoms with Gasteiger partial charge < -0.3 is 5.11 Å². The van der Waals surface area contributed by atoms with E-state index in [1.807, 2.05) is 0 Å². The van der Waals surface area contributed by atoms with Crippen molar-refractivity contribution in [2.75, 3.05) is 0 Å². The Morgan fingerprint density at radius 1 is 1.48 bits per heavy atom. The van der Waals surface area contributed by atoms with E-state index in [9.17, 15) is 20.0 Å². The first kappa shape index (κ1) is 15.8. The Hall–Kier alpha value is -1.62. The largest absolute Gasteiger partial charge is 0.481 e. The average molecular weight is 312 g/mol. The van der Waals surface area contributed by atoms with Gasteiger partial charge in [0.15, 0.2) is 0 Å². The van der Waals surface area contributed by atoms with E-state index in [0.717, 1.165) is 12.8 Å². The molecular formula is C15H18ClNO4. The van der Waals surface area contributed by atoms with Crippen LogP contribution < -0.4 is 0 Å². The van der Waals surface area contributed by atoms with Crippen LogP contribution in [-0.2, 0) is 11.2 Å². The SMILES string of the molecule is CC1CCC(Cc2ccc([N+](=O)[O-])cc2Cl)(C(=O)O)CC1. The topological polar surface area (TPSA) is 80.4 Å². The van der Waals surface area contributed by atoms with Crippen LogP contribution in [0.1, 0.15) is 38.2 Å². The molecule has 0 atom stereocenters. The Labute approximate surface area is 128 Å². The van der Waals surface area contributed by atoms with Gasteiger partial charge in [0.25, 0.3) is 5.69 Å². The number of hydrogen-bond donors (Lipinski definition) is 1. The normalized spacial score (nSPS) is 25.5. The third-order valence-corrected chi connectivity index (χ3v) is 4.81. The van der Waals surface area contributed by atoms with Crippen LogP contribution in [0.25, 0.3) is 0 Å². The molecule has 1 saturated carbocycles. The maximum absolute atomic E-state index is 11.7. The molecule has 0 unspecified atom stereocenters. The van der Waals surface area contributed by atoms with E-state index in [4.69, 9.17) is 11.6 Å². The van der Waals surface area contributed by atoms with Crippen LogP contribution in [0.2, 0.25) is 5.02 Å². The van der Waals surface area contributed by atoms with Gasteiger partial charge in [0.2, 0.25) is 0 Å². The number of carboxylic acids is 1. The van der Waals surface area contributed by atoms with Gasteiger partial charge >= 0.3 is 5.97 Å². The minimum absolute atomic E-state index is 0.0783. The van der Waals surface area contributed by atoms with Crippen LogP contribution in [0.4, 0.5) is 5.69 Å². The summed E-state index contributed by atoms with van der Waals surface area (Å²) in [7, 11) is 0. The van der Waals surface area contributed by atoms with Crippen molar-refractivity contribution in [2.45, 2.75) is 39.0 Å². The van der Waals surface area contributed by atoms with Crippen molar-refractivity contribution in [3.8, 4) is 0 Å². The Kier molecular flexibility index (Phi) is 4.52. The molecule has 1 N–H and O–H groups in total. The zero-order valence-electron chi connectivity index (χ0n) is 11.8. The zero-order chi connectivity index (χ0) is 15.6. The van der Waals surface area contributed by atoms with E-state index in [0.29, 0.717) is 30.7 Å². The smallest absolute Gasteiger partial charge is 0.309 e. The van der Waals surface area contributed by atoms with Gasteiger partial charge in [-0.2, -0.15) is 0 Å². The molecule has 0 radical (unpaired) electrons. The second kappa shape index (κ2) is 6.02. The molecule has 1 fully saturated rings. The van der Waals surface area contributed by atoms with Gasteiger partial charge in [-0.05, 0) is 43.6 Å². The number of halogens is 1. The maximum Gasteiger partial charge on any atom is 0.309 e. The van der Waals surface area contributed by atoms with Crippen molar-refractivity contribution in [1.82, 2.24) is 0 Å². The number of non-ortho nitro benzene ring substituents is 1. The summed E-state index contributed by atoms with van der Waals surface area (Å²) in [5.74, 6) is -0.256. The summed E-state index contributed by atoms with van der Waals surface area (Å²) in [4.78, 5) is 21.9. The highest BCUT2D eigenvalue weighted by molar-refractivity contribution is 6.31. The summed E-state index contributed by atoms with van der Waals surface area (Å²) >= 11 is 6.09. The number of aliphatic carboxylic acids is 1. The van der Waals surface area contributed by atoms with E-state index in [1.54, 1.807) is 6.07 Å².